The number of likely N-dealkylation sites (N-methyl/N-ethyl adjacent to an activating group) is 1. The predicted octanol–water partition coefficient (Wildman–Crippen LogP) is 2.71. The Bertz CT molecular complexity index is 928. The lowest BCUT2D eigenvalue weighted by Crippen LogP contribution is -2.42. The molecule has 3 rings (SSSR count). The van der Waals surface area contributed by atoms with Gasteiger partial charge in [-0.1, -0.05) is 17.7 Å². The highest BCUT2D eigenvalue weighted by atomic mass is 35.5. The normalized spacial score (nSPS) is 15.5. The minimum Gasteiger partial charge on any atom is -0.366 e. The van der Waals surface area contributed by atoms with E-state index in [0.29, 0.717) is 35.9 Å². The molecule has 1 fully saturated rings. The zero-order valence-electron chi connectivity index (χ0n) is 18.3. The summed E-state index contributed by atoms with van der Waals surface area (Å²) in [5.74, 6) is 0.950. The number of nitrogens with zero attached hydrogens (tertiary/aromatic N) is 3. The standard InChI is InChI=1S/C23H30ClN5O2/c1-14-26-11-18(12-27-14)20(15-4-5-15)10-22(30)28-13-19(29(2)3)8-16-6-7-17(23(25)31)9-21(16)24/h6-7,9,11-12,15,19-20H,4-5,8,10,13H2,1-3H3,(H2,25,31)(H,28,30)/t19-,20-/m0/s1. The van der Waals surface area contributed by atoms with Gasteiger partial charge in [-0.05, 0) is 75.4 Å². The molecule has 2 amide bonds. The van der Waals surface area contributed by atoms with Crippen molar-refractivity contribution in [3.05, 3.63) is 58.1 Å². The van der Waals surface area contributed by atoms with Crippen molar-refractivity contribution in [1.29, 1.82) is 0 Å². The summed E-state index contributed by atoms with van der Waals surface area (Å²) >= 11 is 6.35. The Kier molecular flexibility index (Phi) is 7.62. The molecule has 2 atom stereocenters. The van der Waals surface area contributed by atoms with Crippen LogP contribution in [0.1, 0.15) is 52.5 Å². The maximum Gasteiger partial charge on any atom is 0.248 e. The Balaban J connectivity index is 1.60. The van der Waals surface area contributed by atoms with Gasteiger partial charge in [0.1, 0.15) is 5.82 Å². The number of aryl methyl sites for hydroxylation is 1. The Hall–Kier alpha value is -2.51. The monoisotopic (exact) mass is 443 g/mol. The second-order valence-electron chi connectivity index (χ2n) is 8.51. The van der Waals surface area contributed by atoms with Crippen molar-refractivity contribution in [2.45, 2.75) is 44.6 Å². The summed E-state index contributed by atoms with van der Waals surface area (Å²) in [6.45, 7) is 2.36. The van der Waals surface area contributed by atoms with Gasteiger partial charge < -0.3 is 16.0 Å². The van der Waals surface area contributed by atoms with Crippen LogP contribution in [0.4, 0.5) is 0 Å². The summed E-state index contributed by atoms with van der Waals surface area (Å²) in [6.07, 6.45) is 7.06. The summed E-state index contributed by atoms with van der Waals surface area (Å²) in [5, 5.41) is 3.59. The van der Waals surface area contributed by atoms with E-state index in [-0.39, 0.29) is 17.9 Å². The number of hydrogen-bond acceptors (Lipinski definition) is 5. The molecule has 0 saturated heterocycles. The van der Waals surface area contributed by atoms with Gasteiger partial charge in [0.25, 0.3) is 0 Å². The molecular formula is C23H30ClN5O2. The van der Waals surface area contributed by atoms with Gasteiger partial charge in [0.2, 0.25) is 11.8 Å². The highest BCUT2D eigenvalue weighted by molar-refractivity contribution is 6.31. The molecule has 2 aromatic rings. The number of rotatable bonds is 10. The number of hydrogen-bond donors (Lipinski definition) is 2. The molecule has 1 aliphatic rings. The summed E-state index contributed by atoms with van der Waals surface area (Å²) in [7, 11) is 3.94. The van der Waals surface area contributed by atoms with Crippen molar-refractivity contribution in [2.75, 3.05) is 20.6 Å². The number of nitrogens with one attached hydrogen (secondary N) is 1. The van der Waals surface area contributed by atoms with E-state index in [1.165, 1.54) is 0 Å². The van der Waals surface area contributed by atoms with Gasteiger partial charge in [0.05, 0.1) is 0 Å². The second kappa shape index (κ2) is 10.2. The molecule has 0 aliphatic heterocycles. The SMILES string of the molecule is Cc1ncc([C@@H](CC(=O)NC[C@H](Cc2ccc(C(N)=O)cc2Cl)N(C)C)C2CC2)cn1. The van der Waals surface area contributed by atoms with Gasteiger partial charge in [0.15, 0.2) is 0 Å². The van der Waals surface area contributed by atoms with Crippen molar-refractivity contribution in [1.82, 2.24) is 20.2 Å². The highest BCUT2D eigenvalue weighted by Crippen LogP contribution is 2.44. The second-order valence-corrected chi connectivity index (χ2v) is 8.91. The van der Waals surface area contributed by atoms with E-state index in [4.69, 9.17) is 17.3 Å². The van der Waals surface area contributed by atoms with Gasteiger partial charge in [-0.3, -0.25) is 9.59 Å². The van der Waals surface area contributed by atoms with E-state index in [1.807, 2.05) is 39.5 Å². The highest BCUT2D eigenvalue weighted by Gasteiger charge is 2.34. The minimum absolute atomic E-state index is 0.0273. The van der Waals surface area contributed by atoms with Crippen LogP contribution < -0.4 is 11.1 Å². The smallest absolute Gasteiger partial charge is 0.248 e. The first-order valence-electron chi connectivity index (χ1n) is 10.5. The van der Waals surface area contributed by atoms with E-state index in [1.54, 1.807) is 12.1 Å². The summed E-state index contributed by atoms with van der Waals surface area (Å²) in [6, 6.07) is 5.15. The molecule has 8 heteroatoms. The van der Waals surface area contributed by atoms with E-state index < -0.39 is 5.91 Å². The molecule has 1 saturated carbocycles. The quantitative estimate of drug-likeness (QED) is 0.587. The number of benzene rings is 1. The summed E-state index contributed by atoms with van der Waals surface area (Å²) in [4.78, 5) is 34.7. The Morgan fingerprint density at radius 1 is 1.26 bits per heavy atom. The van der Waals surface area contributed by atoms with E-state index >= 15 is 0 Å². The summed E-state index contributed by atoms with van der Waals surface area (Å²) < 4.78 is 0. The topological polar surface area (TPSA) is 101 Å². The molecule has 1 heterocycles. The van der Waals surface area contributed by atoms with Crippen LogP contribution in [0.3, 0.4) is 0 Å². The van der Waals surface area contributed by atoms with Gasteiger partial charge in [-0.25, -0.2) is 9.97 Å². The maximum absolute atomic E-state index is 12.7. The molecule has 1 aliphatic carbocycles. The molecule has 31 heavy (non-hydrogen) atoms. The molecule has 1 aromatic heterocycles. The number of amides is 2. The van der Waals surface area contributed by atoms with Crippen LogP contribution >= 0.6 is 11.6 Å². The first-order valence-corrected chi connectivity index (χ1v) is 10.9. The third-order valence-corrected chi connectivity index (χ3v) is 6.24. The molecular weight excluding hydrogens is 414 g/mol. The molecule has 0 unspecified atom stereocenters. The number of primary amides is 1. The molecule has 0 radical (unpaired) electrons. The van der Waals surface area contributed by atoms with Crippen LogP contribution in [0, 0.1) is 12.8 Å². The fraction of sp³-hybridized carbons (Fsp3) is 0.478. The average molecular weight is 444 g/mol. The fourth-order valence-corrected chi connectivity index (χ4v) is 3.97. The van der Waals surface area contributed by atoms with Gasteiger partial charge in [0, 0.05) is 42.0 Å². The number of halogens is 1. The number of nitrogens with two attached hydrogens (primary N) is 1. The van der Waals surface area contributed by atoms with E-state index in [2.05, 4.69) is 20.2 Å². The first-order chi connectivity index (χ1) is 14.7. The Morgan fingerprint density at radius 3 is 2.48 bits per heavy atom. The zero-order valence-corrected chi connectivity index (χ0v) is 19.0. The molecule has 0 bridgehead atoms. The van der Waals surface area contributed by atoms with Crippen molar-refractivity contribution in [3.8, 4) is 0 Å². The number of carbonyl (C=O) groups excluding carboxylic acids is 2. The molecule has 166 valence electrons. The average Bonchev–Trinajstić information content (AvgIpc) is 3.56. The van der Waals surface area contributed by atoms with Crippen molar-refractivity contribution < 1.29 is 9.59 Å². The molecule has 0 spiro atoms. The lowest BCUT2D eigenvalue weighted by molar-refractivity contribution is -0.121. The van der Waals surface area contributed by atoms with Crippen LogP contribution in [0.5, 0.6) is 0 Å². The molecule has 1 aromatic carbocycles. The van der Waals surface area contributed by atoms with Crippen LogP contribution in [0.2, 0.25) is 5.02 Å². The third kappa shape index (κ3) is 6.48. The van der Waals surface area contributed by atoms with Crippen LogP contribution in [0.15, 0.2) is 30.6 Å². The summed E-state index contributed by atoms with van der Waals surface area (Å²) in [5.41, 5.74) is 7.65. The number of carbonyl (C=O) groups is 2. The van der Waals surface area contributed by atoms with Gasteiger partial charge >= 0.3 is 0 Å². The van der Waals surface area contributed by atoms with E-state index in [0.717, 1.165) is 29.8 Å². The zero-order chi connectivity index (χ0) is 22.5. The van der Waals surface area contributed by atoms with Gasteiger partial charge in [-0.2, -0.15) is 0 Å². The van der Waals surface area contributed by atoms with Crippen molar-refractivity contribution in [3.63, 3.8) is 0 Å². The van der Waals surface area contributed by atoms with Crippen LogP contribution in [-0.4, -0.2) is 53.4 Å². The maximum atomic E-state index is 12.7. The predicted molar refractivity (Wildman–Crippen MR) is 121 cm³/mol. The minimum atomic E-state index is -0.505. The number of aromatic nitrogens is 2. The molecule has 3 N–H and O–H groups in total. The van der Waals surface area contributed by atoms with Crippen molar-refractivity contribution in [2.24, 2.45) is 11.7 Å². The third-order valence-electron chi connectivity index (χ3n) is 5.88. The lowest BCUT2D eigenvalue weighted by Gasteiger charge is -2.26. The Morgan fingerprint density at radius 2 is 1.94 bits per heavy atom. The largest absolute Gasteiger partial charge is 0.366 e. The van der Waals surface area contributed by atoms with Crippen LogP contribution in [-0.2, 0) is 11.2 Å². The first kappa shape index (κ1) is 23.2. The van der Waals surface area contributed by atoms with Gasteiger partial charge in [-0.15, -0.1) is 0 Å². The molecule has 7 nitrogen and oxygen atoms in total. The van der Waals surface area contributed by atoms with E-state index in [9.17, 15) is 9.59 Å². The lowest BCUT2D eigenvalue weighted by atomic mass is 9.92. The van der Waals surface area contributed by atoms with Crippen LogP contribution in [0.25, 0.3) is 0 Å². The van der Waals surface area contributed by atoms with Crippen molar-refractivity contribution >= 4 is 23.4 Å². The fourth-order valence-electron chi connectivity index (χ4n) is 3.71. The Labute approximate surface area is 188 Å².